The minimum absolute atomic E-state index is 0.419. The highest BCUT2D eigenvalue weighted by atomic mass is 16.5. The molecule has 2 aromatic carbocycles. The summed E-state index contributed by atoms with van der Waals surface area (Å²) in [6.45, 7) is 0. The molecule has 6 nitrogen and oxygen atoms in total. The molecule has 0 radical (unpaired) electrons. The second-order valence-corrected chi connectivity index (χ2v) is 4.60. The van der Waals surface area contributed by atoms with Crippen LogP contribution in [0.5, 0.6) is 11.5 Å². The molecule has 0 saturated heterocycles. The van der Waals surface area contributed by atoms with Gasteiger partial charge in [0.2, 0.25) is 12.2 Å². The van der Waals surface area contributed by atoms with E-state index in [0.717, 1.165) is 11.1 Å². The molecule has 24 heavy (non-hydrogen) atoms. The Morgan fingerprint density at radius 3 is 1.54 bits per heavy atom. The summed E-state index contributed by atoms with van der Waals surface area (Å²) in [5.74, 6) is 0.961. The van der Waals surface area contributed by atoms with Crippen molar-refractivity contribution >= 4 is 35.7 Å². The van der Waals surface area contributed by atoms with Gasteiger partial charge in [-0.15, -0.1) is 0 Å². The van der Waals surface area contributed by atoms with Crippen molar-refractivity contribution in [2.75, 3.05) is 14.2 Å². The number of ether oxygens (including phenoxy) is 2. The van der Waals surface area contributed by atoms with Crippen LogP contribution in [0.1, 0.15) is 11.1 Å². The molecule has 6 heteroatoms. The quantitative estimate of drug-likeness (QED) is 0.460. The third kappa shape index (κ3) is 4.05. The molecule has 0 heterocycles. The van der Waals surface area contributed by atoms with E-state index in [-0.39, 0.29) is 0 Å². The third-order valence-electron chi connectivity index (χ3n) is 3.21. The summed E-state index contributed by atoms with van der Waals surface area (Å²) in [5, 5.41) is 0. The van der Waals surface area contributed by atoms with E-state index in [1.54, 1.807) is 36.4 Å². The maximum Gasteiger partial charge on any atom is 0.240 e. The molecule has 0 N–H and O–H groups in total. The van der Waals surface area contributed by atoms with Crippen molar-refractivity contribution in [1.82, 2.24) is 0 Å². The van der Waals surface area contributed by atoms with Gasteiger partial charge in [0.25, 0.3) is 0 Å². The highest BCUT2D eigenvalue weighted by Gasteiger charge is 2.03. The Morgan fingerprint density at radius 1 is 0.792 bits per heavy atom. The predicted octanol–water partition coefficient (Wildman–Crippen LogP) is 3.81. The van der Waals surface area contributed by atoms with Crippen LogP contribution in [0.25, 0.3) is 12.2 Å². The van der Waals surface area contributed by atoms with Gasteiger partial charge in [-0.1, -0.05) is 24.3 Å². The van der Waals surface area contributed by atoms with E-state index in [9.17, 15) is 9.59 Å². The van der Waals surface area contributed by atoms with Crippen molar-refractivity contribution in [1.29, 1.82) is 0 Å². The predicted molar refractivity (Wildman–Crippen MR) is 90.5 cm³/mol. The first-order chi connectivity index (χ1) is 11.7. The molecular formula is C18H14N2O4. The van der Waals surface area contributed by atoms with E-state index in [0.29, 0.717) is 22.9 Å². The van der Waals surface area contributed by atoms with Crippen LogP contribution in [0, 0.1) is 0 Å². The second-order valence-electron chi connectivity index (χ2n) is 4.60. The Labute approximate surface area is 138 Å². The van der Waals surface area contributed by atoms with Crippen LogP contribution in [-0.4, -0.2) is 26.4 Å². The van der Waals surface area contributed by atoms with Crippen LogP contribution < -0.4 is 9.47 Å². The zero-order chi connectivity index (χ0) is 17.4. The van der Waals surface area contributed by atoms with Crippen molar-refractivity contribution in [2.24, 2.45) is 9.98 Å². The number of carbonyl (C=O) groups excluding carboxylic acids is 2. The first-order valence-electron chi connectivity index (χ1n) is 6.91. The third-order valence-corrected chi connectivity index (χ3v) is 3.21. The zero-order valence-electron chi connectivity index (χ0n) is 13.1. The smallest absolute Gasteiger partial charge is 0.240 e. The van der Waals surface area contributed by atoms with Crippen LogP contribution in [0.3, 0.4) is 0 Å². The van der Waals surface area contributed by atoms with Crippen molar-refractivity contribution in [3.05, 3.63) is 47.5 Å². The number of hydrogen-bond acceptors (Lipinski definition) is 6. The molecule has 0 amide bonds. The van der Waals surface area contributed by atoms with Gasteiger partial charge in [-0.2, -0.15) is 9.98 Å². The molecular weight excluding hydrogens is 308 g/mol. The lowest BCUT2D eigenvalue weighted by Gasteiger charge is -2.05. The first-order valence-corrected chi connectivity index (χ1v) is 6.91. The molecule has 0 aromatic heterocycles. The maximum atomic E-state index is 10.4. The largest absolute Gasteiger partial charge is 0.494 e. The van der Waals surface area contributed by atoms with Crippen molar-refractivity contribution in [2.45, 2.75) is 0 Å². The van der Waals surface area contributed by atoms with Crippen LogP contribution in [0.4, 0.5) is 11.4 Å². The fourth-order valence-corrected chi connectivity index (χ4v) is 2.07. The van der Waals surface area contributed by atoms with Gasteiger partial charge in [-0.05, 0) is 35.4 Å². The molecule has 0 atom stereocenters. The van der Waals surface area contributed by atoms with Crippen LogP contribution in [0.2, 0.25) is 0 Å². The Bertz CT molecular complexity index is 790. The Morgan fingerprint density at radius 2 is 1.21 bits per heavy atom. The molecule has 0 unspecified atom stereocenters. The minimum atomic E-state index is 0.419. The number of rotatable bonds is 6. The summed E-state index contributed by atoms with van der Waals surface area (Å²) in [7, 11) is 3.01. The van der Waals surface area contributed by atoms with Gasteiger partial charge in [-0.25, -0.2) is 9.59 Å². The average molecular weight is 322 g/mol. The molecule has 2 aromatic rings. The lowest BCUT2D eigenvalue weighted by Crippen LogP contribution is -1.85. The van der Waals surface area contributed by atoms with E-state index in [1.165, 1.54) is 26.4 Å². The Balaban J connectivity index is 2.30. The van der Waals surface area contributed by atoms with Gasteiger partial charge in [0.1, 0.15) is 22.9 Å². The molecule has 0 bridgehead atoms. The summed E-state index contributed by atoms with van der Waals surface area (Å²) in [6.07, 6.45) is 6.72. The number of benzene rings is 2. The molecule has 120 valence electrons. The SMILES string of the molecule is COc1cc(/C=C/c2ccc(N=C=O)c(OC)c2)ccc1N=C=O. The van der Waals surface area contributed by atoms with E-state index >= 15 is 0 Å². The van der Waals surface area contributed by atoms with Crippen LogP contribution >= 0.6 is 0 Å². The van der Waals surface area contributed by atoms with Crippen molar-refractivity contribution in [3.63, 3.8) is 0 Å². The monoisotopic (exact) mass is 322 g/mol. The van der Waals surface area contributed by atoms with Gasteiger partial charge in [0.15, 0.2) is 0 Å². The molecule has 0 aliphatic rings. The van der Waals surface area contributed by atoms with Gasteiger partial charge >= 0.3 is 0 Å². The first kappa shape index (κ1) is 16.9. The number of hydrogen-bond donors (Lipinski definition) is 0. The van der Waals surface area contributed by atoms with E-state index in [4.69, 9.17) is 9.47 Å². The lowest BCUT2D eigenvalue weighted by atomic mass is 10.1. The Kier molecular flexibility index (Phi) is 5.81. The maximum absolute atomic E-state index is 10.4. The van der Waals surface area contributed by atoms with Gasteiger partial charge < -0.3 is 9.47 Å². The summed E-state index contributed by atoms with van der Waals surface area (Å²) in [5.41, 5.74) is 2.57. The number of methoxy groups -OCH3 is 2. The highest BCUT2D eigenvalue weighted by molar-refractivity contribution is 5.74. The molecule has 0 aliphatic carbocycles. The fourth-order valence-electron chi connectivity index (χ4n) is 2.07. The van der Waals surface area contributed by atoms with Crippen molar-refractivity contribution < 1.29 is 19.1 Å². The van der Waals surface area contributed by atoms with Gasteiger partial charge in [-0.3, -0.25) is 0 Å². The van der Waals surface area contributed by atoms with E-state index in [2.05, 4.69) is 9.98 Å². The highest BCUT2D eigenvalue weighted by Crippen LogP contribution is 2.30. The van der Waals surface area contributed by atoms with Crippen LogP contribution in [0.15, 0.2) is 46.4 Å². The zero-order valence-corrected chi connectivity index (χ0v) is 13.1. The lowest BCUT2D eigenvalue weighted by molar-refractivity contribution is 0.416. The Hall–Kier alpha value is -3.46. The molecule has 0 spiro atoms. The van der Waals surface area contributed by atoms with Crippen LogP contribution in [-0.2, 0) is 9.59 Å². The van der Waals surface area contributed by atoms with Gasteiger partial charge in [0, 0.05) is 0 Å². The topological polar surface area (TPSA) is 77.3 Å². The minimum Gasteiger partial charge on any atom is -0.494 e. The molecule has 0 saturated carbocycles. The number of aliphatic imine (C=N–C) groups is 2. The number of nitrogens with zero attached hydrogens (tertiary/aromatic N) is 2. The summed E-state index contributed by atoms with van der Waals surface area (Å²) in [6, 6.07) is 10.5. The normalized spacial score (nSPS) is 9.92. The summed E-state index contributed by atoms with van der Waals surface area (Å²) >= 11 is 0. The molecule has 0 aliphatic heterocycles. The summed E-state index contributed by atoms with van der Waals surface area (Å²) < 4.78 is 10.4. The molecule has 2 rings (SSSR count). The standard InChI is InChI=1S/C18H14N2O4/c1-23-17-9-13(5-7-15(17)19-11-21)3-4-14-6-8-16(20-12-22)18(10-14)24-2/h3-10H,1-2H3/b4-3+. The fraction of sp³-hybridized carbons (Fsp3) is 0.111. The number of isocyanates is 2. The molecule has 0 fully saturated rings. The summed E-state index contributed by atoms with van der Waals surface area (Å²) in [4.78, 5) is 27.9. The van der Waals surface area contributed by atoms with Crippen molar-refractivity contribution in [3.8, 4) is 11.5 Å². The van der Waals surface area contributed by atoms with E-state index < -0.39 is 0 Å². The van der Waals surface area contributed by atoms with E-state index in [1.807, 2.05) is 12.2 Å². The average Bonchev–Trinajstić information content (AvgIpc) is 2.62. The van der Waals surface area contributed by atoms with Gasteiger partial charge in [0.05, 0.1) is 14.2 Å². The second kappa shape index (κ2) is 8.25.